The summed E-state index contributed by atoms with van der Waals surface area (Å²) in [4.78, 5) is 8.39. The van der Waals surface area contributed by atoms with Gasteiger partial charge in [-0.25, -0.2) is 0 Å². The van der Waals surface area contributed by atoms with Crippen molar-refractivity contribution in [1.82, 2.24) is 15.3 Å². The summed E-state index contributed by atoms with van der Waals surface area (Å²) in [5.74, 6) is 0. The van der Waals surface area contributed by atoms with E-state index in [9.17, 15) is 0 Å². The first kappa shape index (κ1) is 12.2. The molecule has 0 unspecified atom stereocenters. The Morgan fingerprint density at radius 3 is 2.82 bits per heavy atom. The molecule has 0 fully saturated rings. The van der Waals surface area contributed by atoms with Crippen molar-refractivity contribution < 1.29 is 0 Å². The summed E-state index contributed by atoms with van der Waals surface area (Å²) < 4.78 is 1.01. The van der Waals surface area contributed by atoms with E-state index in [1.165, 1.54) is 5.56 Å². The molecule has 2 heterocycles. The van der Waals surface area contributed by atoms with Gasteiger partial charge in [0.25, 0.3) is 0 Å². The highest BCUT2D eigenvalue weighted by Crippen LogP contribution is 2.07. The second-order valence-corrected chi connectivity index (χ2v) is 4.67. The summed E-state index contributed by atoms with van der Waals surface area (Å²) in [6.45, 7) is 1.73. The third-order valence-corrected chi connectivity index (χ3v) is 2.88. The van der Waals surface area contributed by atoms with Gasteiger partial charge < -0.3 is 5.32 Å². The van der Waals surface area contributed by atoms with E-state index in [1.807, 2.05) is 30.6 Å². The number of halogens is 1. The minimum atomic E-state index is 0.799. The molecule has 17 heavy (non-hydrogen) atoms. The van der Waals surface area contributed by atoms with Crippen LogP contribution in [0, 0.1) is 0 Å². The van der Waals surface area contributed by atoms with Crippen LogP contribution in [0.2, 0.25) is 0 Å². The molecule has 0 aromatic carbocycles. The van der Waals surface area contributed by atoms with Gasteiger partial charge in [-0.1, -0.05) is 6.07 Å². The Balaban J connectivity index is 1.71. The number of nitrogens with one attached hydrogen (secondary N) is 1. The minimum Gasteiger partial charge on any atom is -0.311 e. The van der Waals surface area contributed by atoms with Crippen molar-refractivity contribution in [3.63, 3.8) is 0 Å². The van der Waals surface area contributed by atoms with Gasteiger partial charge >= 0.3 is 0 Å². The molecule has 2 aromatic heterocycles. The molecule has 2 rings (SSSR count). The van der Waals surface area contributed by atoms with Crippen molar-refractivity contribution in [3.8, 4) is 0 Å². The molecule has 0 radical (unpaired) electrons. The van der Waals surface area contributed by atoms with Crippen LogP contribution in [0.25, 0.3) is 0 Å². The quantitative estimate of drug-likeness (QED) is 0.861. The molecule has 0 aliphatic carbocycles. The Kier molecular flexibility index (Phi) is 4.64. The van der Waals surface area contributed by atoms with Gasteiger partial charge in [-0.2, -0.15) is 0 Å². The maximum atomic E-state index is 4.30. The summed E-state index contributed by atoms with van der Waals surface area (Å²) in [5, 5.41) is 3.36. The fraction of sp³-hybridized carbons (Fsp3) is 0.231. The van der Waals surface area contributed by atoms with Gasteiger partial charge in [0, 0.05) is 29.6 Å². The van der Waals surface area contributed by atoms with Gasteiger partial charge in [-0.15, -0.1) is 0 Å². The van der Waals surface area contributed by atoms with E-state index >= 15 is 0 Å². The lowest BCUT2D eigenvalue weighted by molar-refractivity contribution is 0.674. The van der Waals surface area contributed by atoms with Crippen molar-refractivity contribution in [3.05, 3.63) is 58.6 Å². The molecule has 1 N–H and O–H groups in total. The molecule has 0 atom stereocenters. The van der Waals surface area contributed by atoms with Crippen LogP contribution >= 0.6 is 15.9 Å². The number of aromatic nitrogens is 2. The molecule has 0 bridgehead atoms. The first-order valence-electron chi connectivity index (χ1n) is 5.54. The smallest absolute Gasteiger partial charge is 0.0542 e. The monoisotopic (exact) mass is 291 g/mol. The van der Waals surface area contributed by atoms with E-state index in [1.54, 1.807) is 6.20 Å². The SMILES string of the molecule is Brc1ccc(CNCCc2cccnc2)nc1. The first-order valence-corrected chi connectivity index (χ1v) is 6.34. The summed E-state index contributed by atoms with van der Waals surface area (Å²) in [6.07, 6.45) is 6.50. The highest BCUT2D eigenvalue weighted by Gasteiger charge is 1.95. The molecule has 0 aliphatic heterocycles. The van der Waals surface area contributed by atoms with Gasteiger partial charge in [-0.3, -0.25) is 9.97 Å². The number of rotatable bonds is 5. The zero-order valence-corrected chi connectivity index (χ0v) is 11.0. The lowest BCUT2D eigenvalue weighted by atomic mass is 10.2. The largest absolute Gasteiger partial charge is 0.311 e. The van der Waals surface area contributed by atoms with Crippen LogP contribution in [0.3, 0.4) is 0 Å². The van der Waals surface area contributed by atoms with Gasteiger partial charge in [-0.05, 0) is 52.7 Å². The van der Waals surface area contributed by atoms with Crippen LogP contribution in [0.1, 0.15) is 11.3 Å². The summed E-state index contributed by atoms with van der Waals surface area (Å²) >= 11 is 3.37. The predicted octanol–water partition coefficient (Wildman–Crippen LogP) is 2.57. The number of hydrogen-bond acceptors (Lipinski definition) is 3. The average molecular weight is 292 g/mol. The zero-order valence-electron chi connectivity index (χ0n) is 9.44. The number of pyridine rings is 2. The van der Waals surface area contributed by atoms with E-state index in [-0.39, 0.29) is 0 Å². The highest BCUT2D eigenvalue weighted by molar-refractivity contribution is 9.10. The standard InChI is InChI=1S/C13H14BrN3/c14-12-3-4-13(17-9-12)10-16-7-5-11-2-1-6-15-8-11/h1-4,6,8-9,16H,5,7,10H2. The van der Waals surface area contributed by atoms with Crippen molar-refractivity contribution in [2.75, 3.05) is 6.54 Å². The first-order chi connectivity index (χ1) is 8.34. The van der Waals surface area contributed by atoms with E-state index < -0.39 is 0 Å². The normalized spacial score (nSPS) is 10.4. The van der Waals surface area contributed by atoms with Crippen LogP contribution in [0.15, 0.2) is 47.3 Å². The lowest BCUT2D eigenvalue weighted by Gasteiger charge is -2.04. The Morgan fingerprint density at radius 2 is 2.12 bits per heavy atom. The molecule has 88 valence electrons. The van der Waals surface area contributed by atoms with E-state index in [0.29, 0.717) is 0 Å². The van der Waals surface area contributed by atoms with Crippen LogP contribution in [0.5, 0.6) is 0 Å². The van der Waals surface area contributed by atoms with Crippen molar-refractivity contribution in [2.45, 2.75) is 13.0 Å². The van der Waals surface area contributed by atoms with Gasteiger partial charge in [0.15, 0.2) is 0 Å². The minimum absolute atomic E-state index is 0.799. The molecule has 0 amide bonds. The molecule has 3 nitrogen and oxygen atoms in total. The van der Waals surface area contributed by atoms with Crippen molar-refractivity contribution in [1.29, 1.82) is 0 Å². The topological polar surface area (TPSA) is 37.8 Å². The third-order valence-electron chi connectivity index (χ3n) is 2.41. The molecular formula is C13H14BrN3. The zero-order chi connectivity index (χ0) is 11.9. The molecule has 0 aliphatic rings. The van der Waals surface area contributed by atoms with Crippen LogP contribution in [0.4, 0.5) is 0 Å². The van der Waals surface area contributed by atoms with E-state index in [2.05, 4.69) is 37.3 Å². The molecule has 0 saturated heterocycles. The average Bonchev–Trinajstić information content (AvgIpc) is 2.38. The third kappa shape index (κ3) is 4.24. The lowest BCUT2D eigenvalue weighted by Crippen LogP contribution is -2.17. The molecular weight excluding hydrogens is 278 g/mol. The second kappa shape index (κ2) is 6.47. The van der Waals surface area contributed by atoms with E-state index in [4.69, 9.17) is 0 Å². The predicted molar refractivity (Wildman–Crippen MR) is 71.6 cm³/mol. The Hall–Kier alpha value is -1.26. The van der Waals surface area contributed by atoms with Crippen LogP contribution in [-0.4, -0.2) is 16.5 Å². The van der Waals surface area contributed by atoms with Crippen molar-refractivity contribution >= 4 is 15.9 Å². The summed E-state index contributed by atoms with van der Waals surface area (Å²) in [5.41, 5.74) is 2.31. The van der Waals surface area contributed by atoms with Gasteiger partial charge in [0.1, 0.15) is 0 Å². The Labute approximate surface area is 109 Å². The Morgan fingerprint density at radius 1 is 1.18 bits per heavy atom. The maximum absolute atomic E-state index is 4.30. The van der Waals surface area contributed by atoms with Crippen LogP contribution < -0.4 is 5.32 Å². The Bertz CT molecular complexity index is 442. The maximum Gasteiger partial charge on any atom is 0.0542 e. The van der Waals surface area contributed by atoms with Crippen molar-refractivity contribution in [2.24, 2.45) is 0 Å². The number of hydrogen-bond donors (Lipinski definition) is 1. The second-order valence-electron chi connectivity index (χ2n) is 3.76. The highest BCUT2D eigenvalue weighted by atomic mass is 79.9. The summed E-state index contributed by atoms with van der Waals surface area (Å²) in [6, 6.07) is 8.07. The van der Waals surface area contributed by atoms with Gasteiger partial charge in [0.05, 0.1) is 5.69 Å². The van der Waals surface area contributed by atoms with E-state index in [0.717, 1.165) is 29.7 Å². The molecule has 0 spiro atoms. The number of nitrogens with zero attached hydrogens (tertiary/aromatic N) is 2. The fourth-order valence-electron chi connectivity index (χ4n) is 1.51. The summed E-state index contributed by atoms with van der Waals surface area (Å²) in [7, 11) is 0. The van der Waals surface area contributed by atoms with Gasteiger partial charge in [0.2, 0.25) is 0 Å². The fourth-order valence-corrected chi connectivity index (χ4v) is 1.74. The molecule has 4 heteroatoms. The van der Waals surface area contributed by atoms with Crippen LogP contribution in [-0.2, 0) is 13.0 Å². The molecule has 2 aromatic rings. The molecule has 0 saturated carbocycles.